The Balaban J connectivity index is 1.47. The lowest BCUT2D eigenvalue weighted by Crippen LogP contribution is -2.48. The van der Waals surface area contributed by atoms with Gasteiger partial charge in [-0.3, -0.25) is 15.6 Å². The molecule has 2 aromatic rings. The van der Waals surface area contributed by atoms with Gasteiger partial charge in [-0.15, -0.1) is 0 Å². The smallest absolute Gasteiger partial charge is 0.279 e. The molecule has 1 aliphatic rings. The predicted octanol–water partition coefficient (Wildman–Crippen LogP) is 2.99. The van der Waals surface area contributed by atoms with Crippen molar-refractivity contribution in [3.63, 3.8) is 0 Å². The highest BCUT2D eigenvalue weighted by Gasteiger charge is 2.18. The van der Waals surface area contributed by atoms with E-state index in [4.69, 9.17) is 38.0 Å². The summed E-state index contributed by atoms with van der Waals surface area (Å²) < 4.78 is 29.2. The summed E-state index contributed by atoms with van der Waals surface area (Å²) in [6.07, 6.45) is -0.805. The number of fused-ring (bicyclic) bond motifs is 1. The van der Waals surface area contributed by atoms with E-state index in [9.17, 15) is 9.18 Å². The first-order valence-corrected chi connectivity index (χ1v) is 8.59. The van der Waals surface area contributed by atoms with Crippen LogP contribution in [0, 0.1) is 5.82 Å². The second kappa shape index (κ2) is 8.28. The number of carbonyl (C=O) groups is 1. The van der Waals surface area contributed by atoms with Gasteiger partial charge >= 0.3 is 0 Å². The van der Waals surface area contributed by atoms with Crippen LogP contribution >= 0.6 is 23.8 Å². The summed E-state index contributed by atoms with van der Waals surface area (Å²) in [7, 11) is 0. The van der Waals surface area contributed by atoms with Crippen LogP contribution in [0.3, 0.4) is 0 Å². The van der Waals surface area contributed by atoms with E-state index in [0.717, 1.165) is 0 Å². The molecule has 0 bridgehead atoms. The lowest BCUT2D eigenvalue weighted by molar-refractivity contribution is -0.127. The number of hydrogen-bond acceptors (Lipinski definition) is 5. The van der Waals surface area contributed by atoms with Gasteiger partial charge in [0.2, 0.25) is 6.79 Å². The number of nitrogens with one attached hydrogen (secondary N) is 3. The molecule has 1 heterocycles. The Morgan fingerprint density at radius 2 is 2.00 bits per heavy atom. The van der Waals surface area contributed by atoms with Gasteiger partial charge in [0.15, 0.2) is 22.7 Å². The third-order valence-corrected chi connectivity index (χ3v) is 4.00. The lowest BCUT2D eigenvalue weighted by atomic mass is 10.3. The highest BCUT2D eigenvalue weighted by atomic mass is 35.5. The molecule has 2 aromatic carbocycles. The molecule has 0 saturated carbocycles. The average molecular weight is 412 g/mol. The van der Waals surface area contributed by atoms with Crippen LogP contribution in [0.25, 0.3) is 0 Å². The molecule has 1 atom stereocenters. The van der Waals surface area contributed by atoms with Crippen LogP contribution < -0.4 is 30.4 Å². The molecule has 10 heteroatoms. The van der Waals surface area contributed by atoms with E-state index in [2.05, 4.69) is 16.2 Å². The molecule has 0 aromatic heterocycles. The number of hydrogen-bond donors (Lipinski definition) is 3. The lowest BCUT2D eigenvalue weighted by Gasteiger charge is -2.16. The number of ether oxygens (including phenoxy) is 3. The van der Waals surface area contributed by atoms with Gasteiger partial charge in [-0.05, 0) is 49.5 Å². The van der Waals surface area contributed by atoms with Gasteiger partial charge in [-0.25, -0.2) is 4.39 Å². The maximum absolute atomic E-state index is 13.1. The SMILES string of the molecule is C[C@H](Oc1ccc2c(c1)OCO2)C(=O)NNC(=S)Nc1ccc(F)c(Cl)c1. The van der Waals surface area contributed by atoms with Crippen LogP contribution in [-0.2, 0) is 4.79 Å². The maximum atomic E-state index is 13.1. The summed E-state index contributed by atoms with van der Waals surface area (Å²) in [6, 6.07) is 9.06. The summed E-state index contributed by atoms with van der Waals surface area (Å²) >= 11 is 10.8. The zero-order valence-electron chi connectivity index (χ0n) is 14.0. The molecule has 3 N–H and O–H groups in total. The molecule has 1 aliphatic heterocycles. The van der Waals surface area contributed by atoms with E-state index in [1.165, 1.54) is 18.2 Å². The van der Waals surface area contributed by atoms with Gasteiger partial charge in [0.05, 0.1) is 5.02 Å². The average Bonchev–Trinajstić information content (AvgIpc) is 3.10. The van der Waals surface area contributed by atoms with Gasteiger partial charge in [0, 0.05) is 11.8 Å². The fraction of sp³-hybridized carbons (Fsp3) is 0.176. The quantitative estimate of drug-likeness (QED) is 0.527. The van der Waals surface area contributed by atoms with Crippen LogP contribution in [0.15, 0.2) is 36.4 Å². The first-order chi connectivity index (χ1) is 12.9. The van der Waals surface area contributed by atoms with E-state index >= 15 is 0 Å². The number of halogens is 2. The molecule has 142 valence electrons. The van der Waals surface area contributed by atoms with Gasteiger partial charge in [0.25, 0.3) is 5.91 Å². The summed E-state index contributed by atoms with van der Waals surface area (Å²) in [5, 5.41) is 2.82. The fourth-order valence-corrected chi connectivity index (χ4v) is 2.51. The Morgan fingerprint density at radius 3 is 2.78 bits per heavy atom. The van der Waals surface area contributed by atoms with Crippen LogP contribution in [-0.4, -0.2) is 23.9 Å². The topological polar surface area (TPSA) is 80.9 Å². The van der Waals surface area contributed by atoms with Crippen molar-refractivity contribution in [3.05, 3.63) is 47.2 Å². The summed E-state index contributed by atoms with van der Waals surface area (Å²) in [5.74, 6) is 0.654. The first kappa shape index (κ1) is 19.0. The molecule has 27 heavy (non-hydrogen) atoms. The highest BCUT2D eigenvalue weighted by molar-refractivity contribution is 7.80. The van der Waals surface area contributed by atoms with Crippen LogP contribution in [0.2, 0.25) is 5.02 Å². The van der Waals surface area contributed by atoms with E-state index < -0.39 is 17.8 Å². The molecule has 0 aliphatic carbocycles. The third-order valence-electron chi connectivity index (χ3n) is 3.50. The summed E-state index contributed by atoms with van der Waals surface area (Å²) in [6.45, 7) is 1.74. The molecule has 0 saturated heterocycles. The van der Waals surface area contributed by atoms with Gasteiger partial charge in [0.1, 0.15) is 11.6 Å². The van der Waals surface area contributed by atoms with Crippen LogP contribution in [0.5, 0.6) is 17.2 Å². The molecule has 3 rings (SSSR count). The molecule has 0 fully saturated rings. The minimum absolute atomic E-state index is 0.0439. The van der Waals surface area contributed by atoms with Gasteiger partial charge < -0.3 is 19.5 Å². The Labute approximate surface area is 164 Å². The Bertz CT molecular complexity index is 883. The Kier molecular flexibility index (Phi) is 5.82. The number of rotatable bonds is 4. The molecular weight excluding hydrogens is 397 g/mol. The molecule has 0 unspecified atom stereocenters. The zero-order chi connectivity index (χ0) is 19.4. The minimum Gasteiger partial charge on any atom is -0.481 e. The van der Waals surface area contributed by atoms with E-state index in [-0.39, 0.29) is 16.9 Å². The van der Waals surface area contributed by atoms with E-state index in [0.29, 0.717) is 22.9 Å². The Morgan fingerprint density at radius 1 is 1.22 bits per heavy atom. The number of benzene rings is 2. The fourth-order valence-electron chi connectivity index (χ4n) is 2.16. The van der Waals surface area contributed by atoms with Crippen molar-refractivity contribution in [1.29, 1.82) is 0 Å². The molecule has 7 nitrogen and oxygen atoms in total. The number of hydrazine groups is 1. The van der Waals surface area contributed by atoms with Crippen molar-refractivity contribution in [2.24, 2.45) is 0 Å². The minimum atomic E-state index is -0.805. The second-order valence-corrected chi connectivity index (χ2v) is 6.29. The maximum Gasteiger partial charge on any atom is 0.279 e. The molecule has 1 amide bonds. The predicted molar refractivity (Wildman–Crippen MR) is 102 cm³/mol. The van der Waals surface area contributed by atoms with E-state index in [1.807, 2.05) is 0 Å². The van der Waals surface area contributed by atoms with Crippen LogP contribution in [0.4, 0.5) is 10.1 Å². The number of anilines is 1. The van der Waals surface area contributed by atoms with Crippen molar-refractivity contribution in [2.75, 3.05) is 12.1 Å². The van der Waals surface area contributed by atoms with Crippen molar-refractivity contribution < 1.29 is 23.4 Å². The summed E-state index contributed by atoms with van der Waals surface area (Å²) in [4.78, 5) is 12.1. The van der Waals surface area contributed by atoms with Crippen LogP contribution in [0.1, 0.15) is 6.92 Å². The number of amides is 1. The molecular formula is C17H15ClFN3O4S. The normalized spacial score (nSPS) is 12.9. The Hall–Kier alpha value is -2.78. The van der Waals surface area contributed by atoms with Crippen molar-refractivity contribution in [3.8, 4) is 17.2 Å². The molecule has 0 spiro atoms. The van der Waals surface area contributed by atoms with Crippen molar-refractivity contribution in [1.82, 2.24) is 10.9 Å². The summed E-state index contributed by atoms with van der Waals surface area (Å²) in [5.41, 5.74) is 5.42. The van der Waals surface area contributed by atoms with Crippen molar-refractivity contribution in [2.45, 2.75) is 13.0 Å². The largest absolute Gasteiger partial charge is 0.481 e. The highest BCUT2D eigenvalue weighted by Crippen LogP contribution is 2.35. The van der Waals surface area contributed by atoms with Crippen molar-refractivity contribution >= 4 is 40.5 Å². The molecule has 0 radical (unpaired) electrons. The first-order valence-electron chi connectivity index (χ1n) is 7.80. The van der Waals surface area contributed by atoms with Gasteiger partial charge in [-0.1, -0.05) is 11.6 Å². The van der Waals surface area contributed by atoms with E-state index in [1.54, 1.807) is 25.1 Å². The number of thiocarbonyl (C=S) groups is 1. The number of carbonyl (C=O) groups excluding carboxylic acids is 1. The monoisotopic (exact) mass is 411 g/mol. The van der Waals surface area contributed by atoms with Gasteiger partial charge in [-0.2, -0.15) is 0 Å². The standard InChI is InChI=1S/C17H15ClFN3O4S/c1-9(26-11-3-5-14-15(7-11)25-8-24-14)16(23)21-22-17(27)20-10-2-4-13(19)12(18)6-10/h2-7,9H,8H2,1H3,(H,21,23)(H2,20,22,27)/t9-/m0/s1. The zero-order valence-corrected chi connectivity index (χ0v) is 15.6. The second-order valence-electron chi connectivity index (χ2n) is 5.47. The third kappa shape index (κ3) is 4.89.